The van der Waals surface area contributed by atoms with Crippen LogP contribution in [-0.2, 0) is 14.3 Å². The number of hydrogen-bond donors (Lipinski definition) is 6. The van der Waals surface area contributed by atoms with Gasteiger partial charge in [0.2, 0.25) is 5.91 Å². The van der Waals surface area contributed by atoms with Gasteiger partial charge >= 0.3 is 0 Å². The van der Waals surface area contributed by atoms with Gasteiger partial charge < -0.3 is 40.3 Å². The summed E-state index contributed by atoms with van der Waals surface area (Å²) in [7, 11) is 0. The van der Waals surface area contributed by atoms with Gasteiger partial charge in [0.05, 0.1) is 25.4 Å². The van der Waals surface area contributed by atoms with Gasteiger partial charge in [-0.1, -0.05) is 337 Å². The zero-order valence-corrected chi connectivity index (χ0v) is 54.9. The maximum absolute atomic E-state index is 13.1. The minimum atomic E-state index is -1.58. The Morgan fingerprint density at radius 2 is 0.750 bits per heavy atom. The molecule has 1 fully saturated rings. The summed E-state index contributed by atoms with van der Waals surface area (Å²) in [5.41, 5.74) is 0. The molecule has 0 aromatic rings. The van der Waals surface area contributed by atoms with E-state index in [1.165, 1.54) is 257 Å². The van der Waals surface area contributed by atoms with Crippen molar-refractivity contribution in [3.05, 3.63) is 72.9 Å². The Kier molecular flexibility index (Phi) is 60.3. The lowest BCUT2D eigenvalue weighted by atomic mass is 9.99. The molecule has 84 heavy (non-hydrogen) atoms. The highest BCUT2D eigenvalue weighted by atomic mass is 16.7. The second kappa shape index (κ2) is 63.6. The van der Waals surface area contributed by atoms with E-state index < -0.39 is 49.5 Å². The topological polar surface area (TPSA) is 149 Å². The number of ether oxygens (including phenoxy) is 2. The van der Waals surface area contributed by atoms with Gasteiger partial charge in [-0.05, 0) is 70.6 Å². The van der Waals surface area contributed by atoms with Crippen molar-refractivity contribution in [1.82, 2.24) is 5.32 Å². The molecule has 1 amide bonds. The van der Waals surface area contributed by atoms with E-state index >= 15 is 0 Å². The second-order valence-corrected chi connectivity index (χ2v) is 25.0. The van der Waals surface area contributed by atoms with Crippen LogP contribution in [-0.4, -0.2) is 87.5 Å². The molecule has 0 aromatic heterocycles. The monoisotopic (exact) mass is 1180 g/mol. The quantitative estimate of drug-likeness (QED) is 0.0261. The van der Waals surface area contributed by atoms with Crippen molar-refractivity contribution in [3.8, 4) is 0 Å². The van der Waals surface area contributed by atoms with Crippen molar-refractivity contribution in [2.75, 3.05) is 13.2 Å². The van der Waals surface area contributed by atoms with E-state index in [0.717, 1.165) is 64.2 Å². The molecule has 0 radical (unpaired) electrons. The van der Waals surface area contributed by atoms with Crippen LogP contribution in [0.15, 0.2) is 72.9 Å². The van der Waals surface area contributed by atoms with Gasteiger partial charge in [-0.25, -0.2) is 0 Å². The molecule has 0 bridgehead atoms. The maximum Gasteiger partial charge on any atom is 0.220 e. The molecule has 1 aliphatic rings. The number of carbonyl (C=O) groups excluding carboxylic acids is 1. The Balaban J connectivity index is 2.13. The summed E-state index contributed by atoms with van der Waals surface area (Å²) in [6.07, 6.45) is 83.1. The van der Waals surface area contributed by atoms with Crippen LogP contribution in [0.2, 0.25) is 0 Å². The zero-order valence-electron chi connectivity index (χ0n) is 54.9. The SMILES string of the molecule is CC/C=C\C/C=C\C/C=C\C/C=C\CCCCCCCCCCCCCCCCCCC(=O)NC(COC1OC(CO)C(O)C(O)C1O)C(O)/C=C/CC/C=C/CCCCCCCCCCCCCCCCCCCCCCCCCCCC. The molecular weight excluding hydrogens is 1040 g/mol. The minimum absolute atomic E-state index is 0.184. The lowest BCUT2D eigenvalue weighted by Crippen LogP contribution is -2.60. The first-order valence-electron chi connectivity index (χ1n) is 36.2. The number of allylic oxidation sites excluding steroid dienone is 11. The number of unbranched alkanes of at least 4 members (excludes halogenated alkanes) is 43. The number of carbonyl (C=O) groups is 1. The van der Waals surface area contributed by atoms with E-state index in [1.54, 1.807) is 6.08 Å². The van der Waals surface area contributed by atoms with Gasteiger partial charge in [0.15, 0.2) is 6.29 Å². The molecule has 490 valence electrons. The molecule has 9 nitrogen and oxygen atoms in total. The van der Waals surface area contributed by atoms with Gasteiger partial charge in [-0.3, -0.25) is 4.79 Å². The minimum Gasteiger partial charge on any atom is -0.394 e. The molecule has 7 atom stereocenters. The van der Waals surface area contributed by atoms with Crippen molar-refractivity contribution in [3.63, 3.8) is 0 Å². The van der Waals surface area contributed by atoms with Crippen molar-refractivity contribution >= 4 is 5.91 Å². The summed E-state index contributed by atoms with van der Waals surface area (Å²) in [5.74, 6) is -0.184. The number of amides is 1. The molecule has 0 spiro atoms. The maximum atomic E-state index is 13.1. The highest BCUT2D eigenvalue weighted by Crippen LogP contribution is 2.23. The fourth-order valence-corrected chi connectivity index (χ4v) is 11.4. The molecule has 1 aliphatic heterocycles. The Morgan fingerprint density at radius 3 is 1.14 bits per heavy atom. The largest absolute Gasteiger partial charge is 0.394 e. The number of rotatable bonds is 63. The van der Waals surface area contributed by atoms with Crippen molar-refractivity contribution in [2.24, 2.45) is 0 Å². The summed E-state index contributed by atoms with van der Waals surface area (Å²) >= 11 is 0. The van der Waals surface area contributed by atoms with Crippen LogP contribution in [0.1, 0.15) is 341 Å². The summed E-state index contributed by atoms with van der Waals surface area (Å²) in [6, 6.07) is -0.826. The standard InChI is InChI=1S/C75H137NO8/c1-3-5-7-9-11-13-15-17-19-21-23-25-27-29-31-33-34-35-37-38-40-42-44-46-48-50-52-54-56-58-60-62-64-69(78)68(67-83-75-74(82)73(81)72(80)70(66-77)84-75)76-71(79)65-63-61-59-57-55-53-51-49-47-45-43-41-39-36-32-30-28-26-24-22-20-18-16-14-12-10-8-6-4-2/h6,8,12,14,18,20,24,26,54,56,62,64,68-70,72-75,77-78,80-82H,3-5,7,9-11,13,15-17,19,21-23,25,27-53,55,57-61,63,65-67H2,1-2H3,(H,76,79)/b8-6-,14-12-,20-18-,26-24-,56-54+,64-62+. The van der Waals surface area contributed by atoms with Crippen LogP contribution in [0.4, 0.5) is 0 Å². The number of aliphatic hydroxyl groups excluding tert-OH is 5. The van der Waals surface area contributed by atoms with E-state index in [9.17, 15) is 30.3 Å². The van der Waals surface area contributed by atoms with Gasteiger partial charge in [0.1, 0.15) is 24.4 Å². The van der Waals surface area contributed by atoms with Crippen molar-refractivity contribution in [1.29, 1.82) is 0 Å². The molecule has 1 saturated heterocycles. The average Bonchev–Trinajstić information content (AvgIpc) is 3.69. The van der Waals surface area contributed by atoms with Gasteiger partial charge in [-0.15, -0.1) is 0 Å². The first-order valence-corrected chi connectivity index (χ1v) is 36.2. The molecule has 0 saturated carbocycles. The third-order valence-electron chi connectivity index (χ3n) is 17.0. The zero-order chi connectivity index (χ0) is 60.7. The fraction of sp³-hybridized carbons (Fsp3) is 0.827. The first-order chi connectivity index (χ1) is 41.3. The van der Waals surface area contributed by atoms with E-state index in [1.807, 2.05) is 6.08 Å². The van der Waals surface area contributed by atoms with Crippen LogP contribution in [0.5, 0.6) is 0 Å². The Morgan fingerprint density at radius 1 is 0.417 bits per heavy atom. The highest BCUT2D eigenvalue weighted by molar-refractivity contribution is 5.76. The van der Waals surface area contributed by atoms with Gasteiger partial charge in [0.25, 0.3) is 0 Å². The van der Waals surface area contributed by atoms with E-state index in [2.05, 4.69) is 79.9 Å². The summed E-state index contributed by atoms with van der Waals surface area (Å²) < 4.78 is 11.3. The molecule has 6 N–H and O–H groups in total. The van der Waals surface area contributed by atoms with Crippen LogP contribution in [0.25, 0.3) is 0 Å². The summed E-state index contributed by atoms with van der Waals surface area (Å²) in [5, 5.41) is 54.8. The Hall–Kier alpha value is -2.37. The van der Waals surface area contributed by atoms with E-state index in [0.29, 0.717) is 6.42 Å². The average molecular weight is 1180 g/mol. The lowest BCUT2D eigenvalue weighted by molar-refractivity contribution is -0.302. The molecule has 0 aromatic carbocycles. The van der Waals surface area contributed by atoms with Crippen LogP contribution >= 0.6 is 0 Å². The van der Waals surface area contributed by atoms with Crippen molar-refractivity contribution < 1.29 is 39.8 Å². The van der Waals surface area contributed by atoms with Crippen LogP contribution in [0, 0.1) is 0 Å². The molecule has 1 heterocycles. The van der Waals surface area contributed by atoms with Crippen LogP contribution < -0.4 is 5.32 Å². The second-order valence-electron chi connectivity index (χ2n) is 25.0. The Bertz CT molecular complexity index is 1560. The molecule has 9 heteroatoms. The molecule has 0 aliphatic carbocycles. The van der Waals surface area contributed by atoms with Gasteiger partial charge in [0, 0.05) is 6.42 Å². The summed E-state index contributed by atoms with van der Waals surface area (Å²) in [4.78, 5) is 13.1. The fourth-order valence-electron chi connectivity index (χ4n) is 11.4. The number of hydrogen-bond acceptors (Lipinski definition) is 8. The van der Waals surface area contributed by atoms with Gasteiger partial charge in [-0.2, -0.15) is 0 Å². The number of nitrogens with one attached hydrogen (secondary N) is 1. The van der Waals surface area contributed by atoms with E-state index in [4.69, 9.17) is 9.47 Å². The molecular formula is C75H137NO8. The molecule has 1 rings (SSSR count). The normalized spacial score (nSPS) is 18.6. The first kappa shape index (κ1) is 79.6. The van der Waals surface area contributed by atoms with E-state index in [-0.39, 0.29) is 12.5 Å². The third-order valence-corrected chi connectivity index (χ3v) is 17.0. The smallest absolute Gasteiger partial charge is 0.220 e. The third kappa shape index (κ3) is 51.7. The van der Waals surface area contributed by atoms with Crippen LogP contribution in [0.3, 0.4) is 0 Å². The number of aliphatic hydroxyl groups is 5. The molecule has 7 unspecified atom stereocenters. The Labute approximate surface area is 519 Å². The van der Waals surface area contributed by atoms with Crippen molar-refractivity contribution in [2.45, 2.75) is 384 Å². The predicted molar refractivity (Wildman–Crippen MR) is 359 cm³/mol. The predicted octanol–water partition coefficient (Wildman–Crippen LogP) is 19.9. The highest BCUT2D eigenvalue weighted by Gasteiger charge is 2.44. The summed E-state index contributed by atoms with van der Waals surface area (Å²) in [6.45, 7) is 3.69. The lowest BCUT2D eigenvalue weighted by Gasteiger charge is -2.40.